The van der Waals surface area contributed by atoms with Crippen molar-refractivity contribution in [3.05, 3.63) is 48.8 Å². The Balaban J connectivity index is 2.02. The van der Waals surface area contributed by atoms with E-state index < -0.39 is 0 Å². The fourth-order valence-corrected chi connectivity index (χ4v) is 2.89. The molecule has 0 aliphatic heterocycles. The molecule has 25 heavy (non-hydrogen) atoms. The van der Waals surface area contributed by atoms with E-state index >= 15 is 0 Å². The van der Waals surface area contributed by atoms with Crippen LogP contribution in [-0.4, -0.2) is 36.8 Å². The van der Waals surface area contributed by atoms with Crippen molar-refractivity contribution in [2.45, 2.75) is 6.92 Å². The van der Waals surface area contributed by atoms with Gasteiger partial charge in [-0.1, -0.05) is 36.4 Å². The van der Waals surface area contributed by atoms with Crippen LogP contribution in [0.3, 0.4) is 0 Å². The highest BCUT2D eigenvalue weighted by atomic mass is 16.5. The lowest BCUT2D eigenvalue weighted by Gasteiger charge is -2.25. The third kappa shape index (κ3) is 3.49. The summed E-state index contributed by atoms with van der Waals surface area (Å²) in [5, 5.41) is 5.54. The molecule has 6 heteroatoms. The molecule has 0 unspecified atom stereocenters. The molecule has 0 spiro atoms. The first-order valence-corrected chi connectivity index (χ1v) is 8.34. The number of hydrogen-bond donors (Lipinski definition) is 2. The highest BCUT2D eigenvalue weighted by Crippen LogP contribution is 2.35. The third-order valence-electron chi connectivity index (χ3n) is 4.09. The standard InChI is InChI=1S/C19H23N5O/c1-3-24(16-10-6-8-14-7-4-5-9-15(14)16)19-17(20)18(22-13-23-19)21-11-12-25-2/h4-10,13H,3,11-12,20H2,1-2H3,(H,21,22,23). The maximum absolute atomic E-state index is 6.35. The topological polar surface area (TPSA) is 76.3 Å². The van der Waals surface area contributed by atoms with E-state index in [2.05, 4.69) is 57.4 Å². The zero-order chi connectivity index (χ0) is 17.6. The Hall–Kier alpha value is -2.86. The predicted molar refractivity (Wildman–Crippen MR) is 103 cm³/mol. The van der Waals surface area contributed by atoms with E-state index in [1.54, 1.807) is 7.11 Å². The molecule has 0 aliphatic rings. The van der Waals surface area contributed by atoms with Crippen LogP contribution in [0, 0.1) is 0 Å². The van der Waals surface area contributed by atoms with Crippen LogP contribution in [0.1, 0.15) is 6.92 Å². The highest BCUT2D eigenvalue weighted by Gasteiger charge is 2.17. The molecule has 0 aliphatic carbocycles. The first-order chi connectivity index (χ1) is 12.3. The van der Waals surface area contributed by atoms with E-state index in [1.165, 1.54) is 17.1 Å². The van der Waals surface area contributed by atoms with Crippen LogP contribution < -0.4 is 16.0 Å². The number of hydrogen-bond acceptors (Lipinski definition) is 6. The summed E-state index contributed by atoms with van der Waals surface area (Å²) in [4.78, 5) is 10.8. The van der Waals surface area contributed by atoms with Gasteiger partial charge >= 0.3 is 0 Å². The van der Waals surface area contributed by atoms with Gasteiger partial charge < -0.3 is 20.7 Å². The molecular formula is C19H23N5O. The molecule has 0 fully saturated rings. The van der Waals surface area contributed by atoms with Gasteiger partial charge in [0.2, 0.25) is 0 Å². The van der Waals surface area contributed by atoms with Crippen molar-refractivity contribution >= 4 is 33.8 Å². The van der Waals surface area contributed by atoms with Crippen LogP contribution in [0.4, 0.5) is 23.0 Å². The Morgan fingerprint density at radius 1 is 1.12 bits per heavy atom. The molecule has 0 bridgehead atoms. The Kier molecular flexibility index (Phi) is 5.30. The van der Waals surface area contributed by atoms with Crippen molar-refractivity contribution < 1.29 is 4.74 Å². The normalized spacial score (nSPS) is 10.8. The number of benzene rings is 2. The van der Waals surface area contributed by atoms with Gasteiger partial charge in [-0.05, 0) is 18.4 Å². The van der Waals surface area contributed by atoms with Crippen molar-refractivity contribution in [3.8, 4) is 0 Å². The average molecular weight is 337 g/mol. The Morgan fingerprint density at radius 2 is 1.92 bits per heavy atom. The van der Waals surface area contributed by atoms with Gasteiger partial charge in [0.25, 0.3) is 0 Å². The number of nitrogens with two attached hydrogens (primary N) is 1. The largest absolute Gasteiger partial charge is 0.393 e. The number of aromatic nitrogens is 2. The van der Waals surface area contributed by atoms with Gasteiger partial charge in [-0.2, -0.15) is 0 Å². The van der Waals surface area contributed by atoms with Gasteiger partial charge in [0.1, 0.15) is 12.0 Å². The fraction of sp³-hybridized carbons (Fsp3) is 0.263. The minimum Gasteiger partial charge on any atom is -0.393 e. The average Bonchev–Trinajstić information content (AvgIpc) is 2.65. The molecule has 3 N–H and O–H groups in total. The quantitative estimate of drug-likeness (QED) is 0.643. The number of nitrogen functional groups attached to an aromatic ring is 1. The third-order valence-corrected chi connectivity index (χ3v) is 4.09. The van der Waals surface area contributed by atoms with Crippen molar-refractivity contribution in [3.63, 3.8) is 0 Å². The smallest absolute Gasteiger partial charge is 0.161 e. The number of methoxy groups -OCH3 is 1. The van der Waals surface area contributed by atoms with Crippen molar-refractivity contribution in [1.82, 2.24) is 9.97 Å². The number of ether oxygens (including phenoxy) is 1. The molecular weight excluding hydrogens is 314 g/mol. The van der Waals surface area contributed by atoms with E-state index in [9.17, 15) is 0 Å². The zero-order valence-corrected chi connectivity index (χ0v) is 14.6. The zero-order valence-electron chi connectivity index (χ0n) is 14.6. The van der Waals surface area contributed by atoms with Crippen LogP contribution in [-0.2, 0) is 4.74 Å². The maximum Gasteiger partial charge on any atom is 0.161 e. The molecule has 6 nitrogen and oxygen atoms in total. The lowest BCUT2D eigenvalue weighted by Crippen LogP contribution is -2.21. The van der Waals surface area contributed by atoms with Crippen LogP contribution >= 0.6 is 0 Å². The number of anilines is 4. The molecule has 0 radical (unpaired) electrons. The van der Waals surface area contributed by atoms with Gasteiger partial charge in [0, 0.05) is 25.6 Å². The lowest BCUT2D eigenvalue weighted by molar-refractivity contribution is 0.210. The summed E-state index contributed by atoms with van der Waals surface area (Å²) in [6, 6.07) is 14.5. The number of fused-ring (bicyclic) bond motifs is 1. The van der Waals surface area contributed by atoms with Gasteiger partial charge in [0.05, 0.1) is 12.3 Å². The van der Waals surface area contributed by atoms with E-state index in [-0.39, 0.29) is 0 Å². The number of rotatable bonds is 7. The van der Waals surface area contributed by atoms with Crippen LogP contribution in [0.5, 0.6) is 0 Å². The van der Waals surface area contributed by atoms with Gasteiger partial charge in [-0.25, -0.2) is 9.97 Å². The summed E-state index contributed by atoms with van der Waals surface area (Å²) in [6.07, 6.45) is 1.54. The van der Waals surface area contributed by atoms with E-state index in [4.69, 9.17) is 10.5 Å². The molecule has 0 saturated heterocycles. The molecule has 0 saturated carbocycles. The Labute approximate surface area is 147 Å². The summed E-state index contributed by atoms with van der Waals surface area (Å²) in [6.45, 7) is 4.05. The molecule has 130 valence electrons. The summed E-state index contributed by atoms with van der Waals surface area (Å²) in [5.74, 6) is 1.33. The molecule has 1 aromatic heterocycles. The predicted octanol–water partition coefficient (Wildman–Crippen LogP) is 3.43. The van der Waals surface area contributed by atoms with Gasteiger partial charge in [0.15, 0.2) is 11.6 Å². The fourth-order valence-electron chi connectivity index (χ4n) is 2.89. The molecule has 3 rings (SSSR count). The molecule has 0 amide bonds. The summed E-state index contributed by atoms with van der Waals surface area (Å²) >= 11 is 0. The first-order valence-electron chi connectivity index (χ1n) is 8.34. The summed E-state index contributed by atoms with van der Waals surface area (Å²) in [5.41, 5.74) is 7.97. The summed E-state index contributed by atoms with van der Waals surface area (Å²) < 4.78 is 5.06. The molecule has 2 aromatic carbocycles. The van der Waals surface area contributed by atoms with Gasteiger partial charge in [-0.15, -0.1) is 0 Å². The van der Waals surface area contributed by atoms with Crippen LogP contribution in [0.2, 0.25) is 0 Å². The molecule has 3 aromatic rings. The second-order valence-corrected chi connectivity index (χ2v) is 5.62. The van der Waals surface area contributed by atoms with Crippen LogP contribution in [0.25, 0.3) is 10.8 Å². The highest BCUT2D eigenvalue weighted by molar-refractivity contribution is 5.97. The summed E-state index contributed by atoms with van der Waals surface area (Å²) in [7, 11) is 1.66. The van der Waals surface area contributed by atoms with Crippen molar-refractivity contribution in [1.29, 1.82) is 0 Å². The van der Waals surface area contributed by atoms with E-state index in [1.807, 2.05) is 12.1 Å². The minimum atomic E-state index is 0.536. The number of nitrogens with one attached hydrogen (secondary N) is 1. The van der Waals surface area contributed by atoms with Gasteiger partial charge in [-0.3, -0.25) is 0 Å². The molecule has 0 atom stereocenters. The first kappa shape index (κ1) is 17.0. The van der Waals surface area contributed by atoms with Crippen molar-refractivity contribution in [2.24, 2.45) is 0 Å². The second-order valence-electron chi connectivity index (χ2n) is 5.62. The van der Waals surface area contributed by atoms with E-state index in [0.717, 1.165) is 12.2 Å². The second kappa shape index (κ2) is 7.81. The SMILES string of the molecule is CCN(c1ncnc(NCCOC)c1N)c1cccc2ccccc12. The van der Waals surface area contributed by atoms with E-state index in [0.29, 0.717) is 30.5 Å². The monoisotopic (exact) mass is 337 g/mol. The minimum absolute atomic E-state index is 0.536. The van der Waals surface area contributed by atoms with Crippen LogP contribution in [0.15, 0.2) is 48.8 Å². The Morgan fingerprint density at radius 3 is 2.72 bits per heavy atom. The number of nitrogens with zero attached hydrogens (tertiary/aromatic N) is 3. The lowest BCUT2D eigenvalue weighted by atomic mass is 10.1. The Bertz CT molecular complexity index is 847. The van der Waals surface area contributed by atoms with Crippen molar-refractivity contribution in [2.75, 3.05) is 42.8 Å². The molecule has 1 heterocycles. The maximum atomic E-state index is 6.35.